The van der Waals surface area contributed by atoms with Gasteiger partial charge in [-0.2, -0.15) is 0 Å². The molecule has 0 spiro atoms. The maximum absolute atomic E-state index is 5.99. The monoisotopic (exact) mass is 232 g/mol. The van der Waals surface area contributed by atoms with Gasteiger partial charge in [-0.3, -0.25) is 0 Å². The van der Waals surface area contributed by atoms with Crippen LogP contribution in [0.3, 0.4) is 0 Å². The minimum atomic E-state index is -1.44. The van der Waals surface area contributed by atoms with E-state index in [1.807, 2.05) is 0 Å². The van der Waals surface area contributed by atoms with Gasteiger partial charge in [-0.15, -0.1) is 0 Å². The van der Waals surface area contributed by atoms with Crippen LogP contribution >= 0.6 is 0 Å². The van der Waals surface area contributed by atoms with Crippen LogP contribution in [0.4, 0.5) is 0 Å². The average Bonchev–Trinajstić information content (AvgIpc) is 2.22. The minimum absolute atomic E-state index is 0.636. The molecule has 0 aliphatic carbocycles. The van der Waals surface area contributed by atoms with Gasteiger partial charge in [0.15, 0.2) is 8.32 Å². The molecule has 0 bridgehead atoms. The fourth-order valence-electron chi connectivity index (χ4n) is 1.76. The van der Waals surface area contributed by atoms with Gasteiger partial charge < -0.3 is 9.16 Å². The van der Waals surface area contributed by atoms with Crippen molar-refractivity contribution in [1.82, 2.24) is 0 Å². The Hall–Kier alpha value is 0.137. The summed E-state index contributed by atoms with van der Waals surface area (Å²) in [5, 5.41) is 0. The van der Waals surface area contributed by atoms with Crippen molar-refractivity contribution in [1.29, 1.82) is 0 Å². The Morgan fingerprint density at radius 2 is 1.67 bits per heavy atom. The van der Waals surface area contributed by atoms with Crippen molar-refractivity contribution < 1.29 is 9.16 Å². The standard InChI is InChI=1S/C12H28O2Si/c1-6-14-15(7-2,8-3)10-9-13-11-12(4)5/h12H,6-11H2,1-5H3. The minimum Gasteiger partial charge on any atom is -0.417 e. The van der Waals surface area contributed by atoms with Crippen LogP contribution in [0, 0.1) is 5.92 Å². The molecular weight excluding hydrogens is 204 g/mol. The van der Waals surface area contributed by atoms with Crippen LogP contribution < -0.4 is 0 Å². The highest BCUT2D eigenvalue weighted by atomic mass is 28.4. The zero-order valence-electron chi connectivity index (χ0n) is 11.1. The van der Waals surface area contributed by atoms with Crippen LogP contribution in [0.2, 0.25) is 18.1 Å². The second-order valence-corrected chi connectivity index (χ2v) is 9.11. The zero-order valence-corrected chi connectivity index (χ0v) is 12.1. The first-order chi connectivity index (χ1) is 7.10. The van der Waals surface area contributed by atoms with E-state index in [9.17, 15) is 0 Å². The number of hydrogen-bond acceptors (Lipinski definition) is 2. The molecule has 0 aromatic heterocycles. The van der Waals surface area contributed by atoms with E-state index in [4.69, 9.17) is 9.16 Å². The summed E-state index contributed by atoms with van der Waals surface area (Å²) in [5.41, 5.74) is 0. The van der Waals surface area contributed by atoms with E-state index in [2.05, 4.69) is 34.6 Å². The molecule has 0 saturated carbocycles. The van der Waals surface area contributed by atoms with Crippen molar-refractivity contribution in [2.75, 3.05) is 19.8 Å². The van der Waals surface area contributed by atoms with Crippen LogP contribution in [0.1, 0.15) is 34.6 Å². The predicted molar refractivity (Wildman–Crippen MR) is 68.8 cm³/mol. The van der Waals surface area contributed by atoms with Gasteiger partial charge in [-0.25, -0.2) is 0 Å². The summed E-state index contributed by atoms with van der Waals surface area (Å²) in [6, 6.07) is 3.57. The highest BCUT2D eigenvalue weighted by Crippen LogP contribution is 2.21. The van der Waals surface area contributed by atoms with Crippen molar-refractivity contribution in [3.8, 4) is 0 Å². The Morgan fingerprint density at radius 1 is 1.07 bits per heavy atom. The number of ether oxygens (including phenoxy) is 1. The normalized spacial score (nSPS) is 12.4. The highest BCUT2D eigenvalue weighted by molar-refractivity contribution is 6.73. The van der Waals surface area contributed by atoms with Gasteiger partial charge in [-0.05, 0) is 31.0 Å². The van der Waals surface area contributed by atoms with Gasteiger partial charge in [0.05, 0.1) is 0 Å². The molecule has 0 saturated heterocycles. The summed E-state index contributed by atoms with van der Waals surface area (Å²) >= 11 is 0. The van der Waals surface area contributed by atoms with Crippen LogP contribution in [-0.2, 0) is 9.16 Å². The second kappa shape index (κ2) is 8.31. The summed E-state index contributed by atoms with van der Waals surface area (Å²) < 4.78 is 11.6. The quantitative estimate of drug-likeness (QED) is 0.446. The SMILES string of the molecule is CCO[Si](CC)(CC)CCOCC(C)C. The fraction of sp³-hybridized carbons (Fsp3) is 1.00. The summed E-state index contributed by atoms with van der Waals surface area (Å²) in [5.74, 6) is 0.636. The van der Waals surface area contributed by atoms with Gasteiger partial charge in [0, 0.05) is 19.8 Å². The molecule has 3 heteroatoms. The summed E-state index contributed by atoms with van der Waals surface area (Å²) in [4.78, 5) is 0. The third kappa shape index (κ3) is 6.33. The van der Waals surface area contributed by atoms with Crippen LogP contribution in [-0.4, -0.2) is 28.1 Å². The average molecular weight is 232 g/mol. The Labute approximate surface area is 96.5 Å². The van der Waals surface area contributed by atoms with E-state index >= 15 is 0 Å². The van der Waals surface area contributed by atoms with E-state index in [1.165, 1.54) is 12.1 Å². The van der Waals surface area contributed by atoms with E-state index in [1.54, 1.807) is 0 Å². The van der Waals surface area contributed by atoms with E-state index in [0.717, 1.165) is 25.9 Å². The van der Waals surface area contributed by atoms with Crippen molar-refractivity contribution in [2.45, 2.75) is 52.8 Å². The molecule has 15 heavy (non-hydrogen) atoms. The van der Waals surface area contributed by atoms with Gasteiger partial charge in [0.25, 0.3) is 0 Å². The molecule has 92 valence electrons. The van der Waals surface area contributed by atoms with Crippen LogP contribution in [0.5, 0.6) is 0 Å². The Morgan fingerprint density at radius 3 is 2.07 bits per heavy atom. The number of rotatable bonds is 9. The van der Waals surface area contributed by atoms with Crippen LogP contribution in [0.15, 0.2) is 0 Å². The maximum Gasteiger partial charge on any atom is 0.194 e. The zero-order chi connectivity index (χ0) is 11.7. The molecule has 0 aromatic carbocycles. The van der Waals surface area contributed by atoms with Crippen molar-refractivity contribution in [3.63, 3.8) is 0 Å². The first kappa shape index (κ1) is 15.1. The molecule has 0 amide bonds. The fourth-order valence-corrected chi connectivity index (χ4v) is 4.65. The molecule has 0 atom stereocenters. The molecular formula is C12H28O2Si. The lowest BCUT2D eigenvalue weighted by Gasteiger charge is -2.28. The lowest BCUT2D eigenvalue weighted by Crippen LogP contribution is -2.38. The smallest absolute Gasteiger partial charge is 0.194 e. The molecule has 0 aromatic rings. The lowest BCUT2D eigenvalue weighted by atomic mass is 10.2. The van der Waals surface area contributed by atoms with Crippen molar-refractivity contribution >= 4 is 8.32 Å². The van der Waals surface area contributed by atoms with Gasteiger partial charge in [0.2, 0.25) is 0 Å². The van der Waals surface area contributed by atoms with E-state index in [0.29, 0.717) is 5.92 Å². The van der Waals surface area contributed by atoms with Crippen LogP contribution in [0.25, 0.3) is 0 Å². The Kier molecular flexibility index (Phi) is 8.38. The summed E-state index contributed by atoms with van der Waals surface area (Å²) in [7, 11) is -1.44. The molecule has 0 aliphatic rings. The molecule has 0 heterocycles. The molecule has 0 fully saturated rings. The third-order valence-corrected chi connectivity index (χ3v) is 7.49. The molecule has 0 N–H and O–H groups in total. The summed E-state index contributed by atoms with van der Waals surface area (Å²) in [6.45, 7) is 13.6. The van der Waals surface area contributed by atoms with Crippen molar-refractivity contribution in [2.24, 2.45) is 5.92 Å². The first-order valence-electron chi connectivity index (χ1n) is 6.32. The third-order valence-electron chi connectivity index (χ3n) is 2.89. The highest BCUT2D eigenvalue weighted by Gasteiger charge is 2.29. The van der Waals surface area contributed by atoms with Crippen molar-refractivity contribution in [3.05, 3.63) is 0 Å². The van der Waals surface area contributed by atoms with Gasteiger partial charge in [-0.1, -0.05) is 27.7 Å². The molecule has 0 rings (SSSR count). The van der Waals surface area contributed by atoms with E-state index in [-0.39, 0.29) is 0 Å². The van der Waals surface area contributed by atoms with E-state index < -0.39 is 8.32 Å². The largest absolute Gasteiger partial charge is 0.417 e. The first-order valence-corrected chi connectivity index (χ1v) is 8.84. The second-order valence-electron chi connectivity index (χ2n) is 4.54. The summed E-state index contributed by atoms with van der Waals surface area (Å²) in [6.07, 6.45) is 0. The number of hydrogen-bond donors (Lipinski definition) is 0. The van der Waals surface area contributed by atoms with Gasteiger partial charge in [0.1, 0.15) is 0 Å². The predicted octanol–water partition coefficient (Wildman–Crippen LogP) is 3.68. The molecule has 0 unspecified atom stereocenters. The van der Waals surface area contributed by atoms with Gasteiger partial charge >= 0.3 is 0 Å². The maximum atomic E-state index is 5.99. The Bertz CT molecular complexity index is 145. The molecule has 0 aliphatic heterocycles. The molecule has 2 nitrogen and oxygen atoms in total. The lowest BCUT2D eigenvalue weighted by molar-refractivity contribution is 0.118. The molecule has 0 radical (unpaired) electrons. The topological polar surface area (TPSA) is 18.5 Å². The Balaban J connectivity index is 3.84.